The summed E-state index contributed by atoms with van der Waals surface area (Å²) in [6.45, 7) is 9.65. The molecule has 2 N–H and O–H groups in total. The minimum absolute atomic E-state index is 0.0106. The predicted octanol–water partition coefficient (Wildman–Crippen LogP) is 4.36. The number of nitrogens with zero attached hydrogens (tertiary/aromatic N) is 4. The van der Waals surface area contributed by atoms with Crippen molar-refractivity contribution in [1.82, 2.24) is 14.1 Å². The van der Waals surface area contributed by atoms with Crippen molar-refractivity contribution in [3.8, 4) is 11.4 Å². The third kappa shape index (κ3) is 6.59. The van der Waals surface area contributed by atoms with Crippen LogP contribution in [0.5, 0.6) is 5.75 Å². The van der Waals surface area contributed by atoms with Gasteiger partial charge in [-0.15, -0.1) is 0 Å². The zero-order chi connectivity index (χ0) is 31.1. The first-order valence-electron chi connectivity index (χ1n) is 14.2. The van der Waals surface area contributed by atoms with Crippen LogP contribution in [0, 0.1) is 28.9 Å². The van der Waals surface area contributed by atoms with E-state index in [0.717, 1.165) is 22.9 Å². The molecule has 1 saturated heterocycles. The highest BCUT2D eigenvalue weighted by atomic mass is 32.2. The average Bonchev–Trinajstić information content (AvgIpc) is 3.45. The molecule has 43 heavy (non-hydrogen) atoms. The SMILES string of the molecule is CC(C)=CC1C(COc2c(N3CCN(S(=O)(=O)Cc4ccc(N)cc4)CC3)cnn(-c3cc(F)cc(F)c3)c2=O)C1(C)C. The lowest BCUT2D eigenvalue weighted by atomic mass is 10.1. The van der Waals surface area contributed by atoms with Gasteiger partial charge in [0.05, 0.1) is 24.2 Å². The van der Waals surface area contributed by atoms with Crippen molar-refractivity contribution < 1.29 is 21.9 Å². The summed E-state index contributed by atoms with van der Waals surface area (Å²) in [5.41, 5.74) is 7.80. The number of aromatic nitrogens is 2. The number of sulfonamides is 1. The molecule has 0 amide bonds. The first-order valence-corrected chi connectivity index (χ1v) is 15.8. The number of halogens is 2. The number of nitrogens with two attached hydrogens (primary N) is 1. The van der Waals surface area contributed by atoms with E-state index in [-0.39, 0.29) is 54.1 Å². The smallest absolute Gasteiger partial charge is 0.316 e. The molecule has 0 bridgehead atoms. The van der Waals surface area contributed by atoms with Gasteiger partial charge in [-0.05, 0) is 55.0 Å². The molecule has 1 aromatic heterocycles. The van der Waals surface area contributed by atoms with Gasteiger partial charge in [-0.1, -0.05) is 37.6 Å². The van der Waals surface area contributed by atoms with Crippen molar-refractivity contribution in [1.29, 1.82) is 0 Å². The van der Waals surface area contributed by atoms with Gasteiger partial charge in [0.25, 0.3) is 0 Å². The number of nitrogen functional groups attached to an aromatic ring is 1. The van der Waals surface area contributed by atoms with E-state index in [1.54, 1.807) is 24.3 Å². The molecule has 0 spiro atoms. The Bertz CT molecular complexity index is 1670. The zero-order valence-electron chi connectivity index (χ0n) is 24.8. The number of rotatable bonds is 9. The van der Waals surface area contributed by atoms with Gasteiger partial charge in [0, 0.05) is 43.9 Å². The van der Waals surface area contributed by atoms with Crippen LogP contribution in [0.15, 0.2) is 65.1 Å². The monoisotopic (exact) mass is 613 g/mol. The minimum atomic E-state index is -3.59. The molecule has 5 rings (SSSR count). The summed E-state index contributed by atoms with van der Waals surface area (Å²) in [7, 11) is -3.59. The number of piperazine rings is 1. The van der Waals surface area contributed by atoms with Crippen LogP contribution in [0.2, 0.25) is 0 Å². The van der Waals surface area contributed by atoms with Crippen molar-refractivity contribution in [2.24, 2.45) is 17.3 Å². The van der Waals surface area contributed by atoms with Crippen molar-refractivity contribution >= 4 is 21.4 Å². The van der Waals surface area contributed by atoms with Crippen LogP contribution >= 0.6 is 0 Å². The highest BCUT2D eigenvalue weighted by molar-refractivity contribution is 7.88. The summed E-state index contributed by atoms with van der Waals surface area (Å²) < 4.78 is 62.9. The standard InChI is InChI=1S/C31H37F2N5O4S/c1-20(2)13-26-27(31(26,3)4)18-42-29-28(17-35-38(30(29)39)25-15-22(32)14-23(33)16-25)36-9-11-37(12-10-36)43(40,41)19-21-5-7-24(34)8-6-21/h5-8,13-17,26-27H,9-12,18-19,34H2,1-4H3. The molecule has 9 nitrogen and oxygen atoms in total. The van der Waals surface area contributed by atoms with E-state index in [1.807, 2.05) is 18.7 Å². The summed E-state index contributed by atoms with van der Waals surface area (Å²) in [4.78, 5) is 15.6. The zero-order valence-corrected chi connectivity index (χ0v) is 25.6. The maximum absolute atomic E-state index is 14.0. The first kappa shape index (κ1) is 30.7. The van der Waals surface area contributed by atoms with E-state index in [4.69, 9.17) is 10.5 Å². The first-order chi connectivity index (χ1) is 20.3. The largest absolute Gasteiger partial charge is 0.486 e. The van der Waals surface area contributed by atoms with Gasteiger partial charge in [-0.3, -0.25) is 4.79 Å². The van der Waals surface area contributed by atoms with E-state index in [1.165, 1.54) is 16.1 Å². The summed E-state index contributed by atoms with van der Waals surface area (Å²) in [6.07, 6.45) is 3.64. The van der Waals surface area contributed by atoms with Crippen LogP contribution in [0.3, 0.4) is 0 Å². The number of hydrogen-bond acceptors (Lipinski definition) is 7. The molecule has 3 aromatic rings. The van der Waals surface area contributed by atoms with E-state index >= 15 is 0 Å². The molecule has 12 heteroatoms. The second kappa shape index (κ2) is 11.7. The number of ether oxygens (including phenoxy) is 1. The molecule has 2 unspecified atom stereocenters. The third-order valence-corrected chi connectivity index (χ3v) is 10.2. The maximum Gasteiger partial charge on any atom is 0.316 e. The van der Waals surface area contributed by atoms with Crippen molar-refractivity contribution in [3.63, 3.8) is 0 Å². The molecule has 230 valence electrons. The van der Waals surface area contributed by atoms with Gasteiger partial charge in [-0.2, -0.15) is 14.1 Å². The average molecular weight is 614 g/mol. The quantitative estimate of drug-likeness (QED) is 0.282. The highest BCUT2D eigenvalue weighted by Gasteiger charge is 2.56. The van der Waals surface area contributed by atoms with Crippen LogP contribution in [0.25, 0.3) is 5.69 Å². The van der Waals surface area contributed by atoms with E-state index in [0.29, 0.717) is 30.0 Å². The number of allylic oxidation sites excluding steroid dienone is 2. The fourth-order valence-corrected chi connectivity index (χ4v) is 7.24. The molecule has 0 radical (unpaired) electrons. The Labute approximate surface area is 250 Å². The van der Waals surface area contributed by atoms with Gasteiger partial charge >= 0.3 is 5.56 Å². The van der Waals surface area contributed by atoms with Crippen LogP contribution in [0.1, 0.15) is 33.3 Å². The molecule has 2 heterocycles. The fourth-order valence-electron chi connectivity index (χ4n) is 5.73. The Kier molecular flexibility index (Phi) is 8.36. The summed E-state index contributed by atoms with van der Waals surface area (Å²) in [5.74, 6) is -1.36. The van der Waals surface area contributed by atoms with E-state index in [2.05, 4.69) is 25.0 Å². The molecular formula is C31H37F2N5O4S. The Balaban J connectivity index is 1.40. The lowest BCUT2D eigenvalue weighted by Crippen LogP contribution is -2.49. The Hall–Kier alpha value is -3.77. The Morgan fingerprint density at radius 3 is 2.30 bits per heavy atom. The molecule has 2 aromatic carbocycles. The Morgan fingerprint density at radius 1 is 1.07 bits per heavy atom. The van der Waals surface area contributed by atoms with Crippen LogP contribution in [-0.2, 0) is 15.8 Å². The molecule has 1 aliphatic carbocycles. The lowest BCUT2D eigenvalue weighted by Gasteiger charge is -2.35. The molecule has 2 aliphatic rings. The highest BCUT2D eigenvalue weighted by Crippen LogP contribution is 2.59. The van der Waals surface area contributed by atoms with Crippen molar-refractivity contribution in [3.05, 3.63) is 87.9 Å². The summed E-state index contributed by atoms with van der Waals surface area (Å²) in [5, 5.41) is 4.22. The van der Waals surface area contributed by atoms with Crippen molar-refractivity contribution in [2.75, 3.05) is 43.4 Å². The Morgan fingerprint density at radius 2 is 1.70 bits per heavy atom. The van der Waals surface area contributed by atoms with Gasteiger partial charge in [0.15, 0.2) is 0 Å². The van der Waals surface area contributed by atoms with Gasteiger partial charge in [0.1, 0.15) is 17.3 Å². The molecule has 2 fully saturated rings. The van der Waals surface area contributed by atoms with Crippen LogP contribution in [0.4, 0.5) is 20.2 Å². The van der Waals surface area contributed by atoms with Gasteiger partial charge in [-0.25, -0.2) is 17.2 Å². The summed E-state index contributed by atoms with van der Waals surface area (Å²) in [6, 6.07) is 9.51. The number of hydrogen-bond donors (Lipinski definition) is 1. The van der Waals surface area contributed by atoms with Gasteiger partial charge in [0.2, 0.25) is 15.8 Å². The van der Waals surface area contributed by atoms with E-state index < -0.39 is 27.2 Å². The van der Waals surface area contributed by atoms with E-state index in [9.17, 15) is 22.0 Å². The van der Waals surface area contributed by atoms with Crippen LogP contribution in [-0.4, -0.2) is 55.3 Å². The topological polar surface area (TPSA) is 111 Å². The van der Waals surface area contributed by atoms with Crippen molar-refractivity contribution in [2.45, 2.75) is 33.4 Å². The lowest BCUT2D eigenvalue weighted by molar-refractivity contribution is 0.272. The maximum atomic E-state index is 14.0. The minimum Gasteiger partial charge on any atom is -0.486 e. The van der Waals surface area contributed by atoms with Gasteiger partial charge < -0.3 is 15.4 Å². The third-order valence-electron chi connectivity index (χ3n) is 8.37. The second-order valence-electron chi connectivity index (χ2n) is 12.1. The molecule has 1 saturated carbocycles. The molecule has 1 aliphatic heterocycles. The molecular weight excluding hydrogens is 576 g/mol. The molecule has 2 atom stereocenters. The second-order valence-corrected chi connectivity index (χ2v) is 14.1. The predicted molar refractivity (Wildman–Crippen MR) is 163 cm³/mol. The summed E-state index contributed by atoms with van der Waals surface area (Å²) >= 11 is 0. The normalized spacial score (nSPS) is 20.1. The number of anilines is 2. The van der Waals surface area contributed by atoms with Crippen LogP contribution < -0.4 is 20.9 Å². The number of benzene rings is 2. The fraction of sp³-hybridized carbons (Fsp3) is 0.419.